The minimum absolute atomic E-state index is 5.79. The van der Waals surface area contributed by atoms with Gasteiger partial charge in [0, 0.05) is 0 Å². The molecule has 0 heterocycles. The van der Waals surface area contributed by atoms with Crippen LogP contribution in [0.1, 0.15) is 0 Å². The average molecular weight is 198 g/mol. The first-order valence-electron chi connectivity index (χ1n) is 1.95. The summed E-state index contributed by atoms with van der Waals surface area (Å²) in [4.78, 5) is 0. The molecule has 68 valence electrons. The summed E-state index contributed by atoms with van der Waals surface area (Å²) >= 11 is 0. The van der Waals surface area contributed by atoms with Crippen molar-refractivity contribution in [1.29, 1.82) is 0 Å². The Morgan fingerprint density at radius 3 is 1.36 bits per heavy atom. The highest BCUT2D eigenvalue weighted by atomic mass is 32.2. The zero-order chi connectivity index (χ0) is 9.50. The molecule has 0 amide bonds. The van der Waals surface area contributed by atoms with Gasteiger partial charge >= 0.3 is 21.5 Å². The minimum Gasteiger partial charge on any atom is -0.331 e. The van der Waals surface area contributed by atoms with E-state index in [1.807, 2.05) is 0 Å². The molecule has 9 heteroatoms. The van der Waals surface area contributed by atoms with E-state index in [1.54, 1.807) is 0 Å². The lowest BCUT2D eigenvalue weighted by Crippen LogP contribution is -2.46. The molecule has 0 radical (unpaired) electrons. The van der Waals surface area contributed by atoms with Crippen LogP contribution in [0.25, 0.3) is 0 Å². The molecule has 0 aliphatic heterocycles. The molecule has 0 atom stereocenters. The molecule has 0 saturated heterocycles. The van der Waals surface area contributed by atoms with E-state index in [1.165, 1.54) is 0 Å². The van der Waals surface area contributed by atoms with Crippen molar-refractivity contribution in [2.75, 3.05) is 0 Å². The number of hydrogen-bond acceptors (Lipinski definition) is 3. The standard InChI is InChI=1S/C2H2F4O4S/c3-1(4,7)2(5,6)11(8,9)10/h7H,(H,8,9,10). The van der Waals surface area contributed by atoms with Crippen molar-refractivity contribution >= 4 is 10.1 Å². The molecule has 0 unspecified atom stereocenters. The summed E-state index contributed by atoms with van der Waals surface area (Å²) in [6.07, 6.45) is -5.79. The van der Waals surface area contributed by atoms with E-state index < -0.39 is 21.5 Å². The van der Waals surface area contributed by atoms with Crippen molar-refractivity contribution in [1.82, 2.24) is 0 Å². The van der Waals surface area contributed by atoms with Gasteiger partial charge in [-0.3, -0.25) is 4.55 Å². The first-order valence-corrected chi connectivity index (χ1v) is 3.39. The second kappa shape index (κ2) is 2.29. The lowest BCUT2D eigenvalue weighted by atomic mass is 10.7. The predicted octanol–water partition coefficient (Wildman–Crippen LogP) is 0.0521. The minimum atomic E-state index is -6.29. The smallest absolute Gasteiger partial charge is 0.331 e. The van der Waals surface area contributed by atoms with Crippen LogP contribution in [0.4, 0.5) is 17.6 Å². The van der Waals surface area contributed by atoms with Gasteiger partial charge in [0.25, 0.3) is 0 Å². The highest BCUT2D eigenvalue weighted by molar-refractivity contribution is 7.86. The van der Waals surface area contributed by atoms with Gasteiger partial charge in [-0.25, -0.2) is 0 Å². The van der Waals surface area contributed by atoms with E-state index in [2.05, 4.69) is 0 Å². The SMILES string of the molecule is O=S(=O)(O)C(F)(F)C(O)(F)F. The zero-order valence-corrected chi connectivity index (χ0v) is 5.45. The van der Waals surface area contributed by atoms with E-state index in [0.717, 1.165) is 0 Å². The predicted molar refractivity (Wildman–Crippen MR) is 23.7 cm³/mol. The molecule has 2 N–H and O–H groups in total. The van der Waals surface area contributed by atoms with Gasteiger partial charge in [0.15, 0.2) is 0 Å². The Kier molecular flexibility index (Phi) is 2.20. The van der Waals surface area contributed by atoms with Crippen molar-refractivity contribution in [3.8, 4) is 0 Å². The van der Waals surface area contributed by atoms with Crippen LogP contribution in [0.2, 0.25) is 0 Å². The second-order valence-electron chi connectivity index (χ2n) is 1.53. The van der Waals surface area contributed by atoms with Crippen LogP contribution in [-0.4, -0.2) is 29.4 Å². The Bertz CT molecular complexity index is 237. The van der Waals surface area contributed by atoms with Crippen LogP contribution < -0.4 is 0 Å². The molecule has 0 fully saturated rings. The normalized spacial score (nSPS) is 15.1. The van der Waals surface area contributed by atoms with E-state index in [9.17, 15) is 26.0 Å². The largest absolute Gasteiger partial charge is 0.459 e. The van der Waals surface area contributed by atoms with Gasteiger partial charge in [-0.05, 0) is 0 Å². The van der Waals surface area contributed by atoms with Crippen molar-refractivity contribution in [3.05, 3.63) is 0 Å². The maximum atomic E-state index is 11.6. The average Bonchev–Trinajstić information content (AvgIpc) is 1.58. The van der Waals surface area contributed by atoms with Crippen LogP contribution in [0, 0.1) is 0 Å². The van der Waals surface area contributed by atoms with Gasteiger partial charge in [-0.15, -0.1) is 0 Å². The van der Waals surface area contributed by atoms with Crippen molar-refractivity contribution in [2.24, 2.45) is 0 Å². The maximum absolute atomic E-state index is 11.6. The number of rotatable bonds is 2. The van der Waals surface area contributed by atoms with Crippen LogP contribution in [0.3, 0.4) is 0 Å². The van der Waals surface area contributed by atoms with E-state index >= 15 is 0 Å². The third kappa shape index (κ3) is 1.79. The van der Waals surface area contributed by atoms with Crippen LogP contribution in [-0.2, 0) is 10.1 Å². The topological polar surface area (TPSA) is 74.6 Å². The van der Waals surface area contributed by atoms with Crippen molar-refractivity contribution in [3.63, 3.8) is 0 Å². The fourth-order valence-corrected chi connectivity index (χ4v) is 0.466. The summed E-state index contributed by atoms with van der Waals surface area (Å²) in [6.45, 7) is 0. The van der Waals surface area contributed by atoms with Gasteiger partial charge in [0.1, 0.15) is 0 Å². The molecular formula is C2H2F4O4S. The molecule has 0 aromatic carbocycles. The van der Waals surface area contributed by atoms with Gasteiger partial charge in [-0.1, -0.05) is 0 Å². The molecule has 4 nitrogen and oxygen atoms in total. The number of hydrogen-bond donors (Lipinski definition) is 2. The monoisotopic (exact) mass is 198 g/mol. The summed E-state index contributed by atoms with van der Waals surface area (Å²) in [5.74, 6) is 0. The Morgan fingerprint density at radius 2 is 1.36 bits per heavy atom. The van der Waals surface area contributed by atoms with Gasteiger partial charge in [0.2, 0.25) is 0 Å². The highest BCUT2D eigenvalue weighted by Crippen LogP contribution is 2.35. The summed E-state index contributed by atoms with van der Waals surface area (Å²) in [5.41, 5.74) is 0. The molecule has 11 heavy (non-hydrogen) atoms. The van der Waals surface area contributed by atoms with E-state index in [4.69, 9.17) is 9.66 Å². The van der Waals surface area contributed by atoms with Gasteiger partial charge < -0.3 is 5.11 Å². The van der Waals surface area contributed by atoms with E-state index in [-0.39, 0.29) is 0 Å². The molecule has 0 aliphatic rings. The quantitative estimate of drug-likeness (QED) is 0.485. The lowest BCUT2D eigenvalue weighted by molar-refractivity contribution is -0.292. The second-order valence-corrected chi connectivity index (χ2v) is 3.00. The molecule has 0 aliphatic carbocycles. The Labute approximate surface area is 58.2 Å². The number of alkyl halides is 4. The lowest BCUT2D eigenvalue weighted by Gasteiger charge is -2.17. The number of aliphatic hydroxyl groups is 1. The highest BCUT2D eigenvalue weighted by Gasteiger charge is 2.65. The van der Waals surface area contributed by atoms with Crippen LogP contribution in [0.15, 0.2) is 0 Å². The Hall–Kier alpha value is -0.410. The fourth-order valence-electron chi connectivity index (χ4n) is 0.155. The summed E-state index contributed by atoms with van der Waals surface area (Å²) in [5, 5.41) is 1.38. The Morgan fingerprint density at radius 1 is 1.09 bits per heavy atom. The first kappa shape index (κ1) is 10.6. The number of halogens is 4. The Balaban J connectivity index is 5.08. The summed E-state index contributed by atoms with van der Waals surface area (Å²) < 4.78 is 72.1. The first-order chi connectivity index (χ1) is 4.50. The third-order valence-corrected chi connectivity index (χ3v) is 1.57. The zero-order valence-electron chi connectivity index (χ0n) is 4.63. The van der Waals surface area contributed by atoms with Gasteiger partial charge in [-0.2, -0.15) is 26.0 Å². The van der Waals surface area contributed by atoms with Crippen LogP contribution in [0.5, 0.6) is 0 Å². The molecule has 0 rings (SSSR count). The fraction of sp³-hybridized carbons (Fsp3) is 1.00. The van der Waals surface area contributed by atoms with Gasteiger partial charge in [0.05, 0.1) is 0 Å². The molecule has 0 bridgehead atoms. The molecule has 0 spiro atoms. The van der Waals surface area contributed by atoms with Crippen molar-refractivity contribution < 1.29 is 35.6 Å². The van der Waals surface area contributed by atoms with Crippen molar-refractivity contribution in [2.45, 2.75) is 11.4 Å². The molecular weight excluding hydrogens is 196 g/mol. The summed E-state index contributed by atoms with van der Waals surface area (Å²) in [7, 11) is -6.29. The van der Waals surface area contributed by atoms with Crippen LogP contribution >= 0.6 is 0 Å². The maximum Gasteiger partial charge on any atom is 0.459 e. The third-order valence-electron chi connectivity index (χ3n) is 0.674. The van der Waals surface area contributed by atoms with E-state index in [0.29, 0.717) is 0 Å². The molecule has 0 aromatic heterocycles. The summed E-state index contributed by atoms with van der Waals surface area (Å²) in [6, 6.07) is 0. The molecule has 0 saturated carbocycles. The molecule has 0 aromatic rings.